The average Bonchev–Trinajstić information content (AvgIpc) is 2.40. The molecule has 0 amide bonds. The monoisotopic (exact) mass is 350 g/mol. The standard InChI is InChI=1S/2C7H8O2S.CH4.Na/c2*1-6-2-4-7(5-3-6)10(8)9;;/h2*2-5H,1H3,(H,8,9);1H4;/q;;;+1/p-1. The molecule has 0 aliphatic rings. The molecule has 0 spiro atoms. The first-order chi connectivity index (χ1) is 9.40. The van der Waals surface area contributed by atoms with Crippen molar-refractivity contribution >= 4 is 22.2 Å². The Morgan fingerprint density at radius 3 is 1.41 bits per heavy atom. The van der Waals surface area contributed by atoms with Crippen LogP contribution in [-0.2, 0) is 22.2 Å². The molecule has 0 heterocycles. The fourth-order valence-electron chi connectivity index (χ4n) is 1.30. The van der Waals surface area contributed by atoms with Gasteiger partial charge >= 0.3 is 29.6 Å². The average molecular weight is 350 g/mol. The van der Waals surface area contributed by atoms with Gasteiger partial charge in [0, 0.05) is 4.90 Å². The molecule has 116 valence electrons. The van der Waals surface area contributed by atoms with Gasteiger partial charge in [-0.1, -0.05) is 42.8 Å². The van der Waals surface area contributed by atoms with Gasteiger partial charge in [-0.05, 0) is 49.2 Å². The Morgan fingerprint density at radius 1 is 0.818 bits per heavy atom. The first kappa shape index (κ1) is 23.9. The van der Waals surface area contributed by atoms with Crippen LogP contribution < -0.4 is 29.6 Å². The van der Waals surface area contributed by atoms with E-state index in [1.165, 1.54) is 0 Å². The van der Waals surface area contributed by atoms with E-state index < -0.39 is 22.2 Å². The van der Waals surface area contributed by atoms with Crippen LogP contribution in [0.4, 0.5) is 0 Å². The normalized spacial score (nSPS) is 11.8. The molecule has 0 aromatic heterocycles. The maximum atomic E-state index is 10.4. The quantitative estimate of drug-likeness (QED) is 0.630. The van der Waals surface area contributed by atoms with Crippen molar-refractivity contribution in [3.05, 3.63) is 59.7 Å². The molecule has 2 rings (SSSR count). The zero-order valence-electron chi connectivity index (χ0n) is 12.1. The second-order valence-electron chi connectivity index (χ2n) is 4.11. The van der Waals surface area contributed by atoms with Crippen LogP contribution in [0.25, 0.3) is 0 Å². The molecule has 1 N–H and O–H groups in total. The van der Waals surface area contributed by atoms with Gasteiger partial charge in [0.25, 0.3) is 0 Å². The van der Waals surface area contributed by atoms with Crippen LogP contribution >= 0.6 is 0 Å². The number of rotatable bonds is 2. The van der Waals surface area contributed by atoms with Crippen LogP contribution in [0.2, 0.25) is 0 Å². The summed E-state index contributed by atoms with van der Waals surface area (Å²) in [5, 5.41) is 0. The van der Waals surface area contributed by atoms with Gasteiger partial charge in [0.1, 0.15) is 0 Å². The smallest absolute Gasteiger partial charge is 0.768 e. The molecule has 2 aromatic rings. The fourth-order valence-corrected chi connectivity index (χ4v) is 2.03. The second kappa shape index (κ2) is 12.1. The molecule has 0 bridgehead atoms. The van der Waals surface area contributed by atoms with Gasteiger partial charge in [-0.2, -0.15) is 0 Å². The molecule has 0 saturated heterocycles. The van der Waals surface area contributed by atoms with Crippen molar-refractivity contribution in [3.63, 3.8) is 0 Å². The van der Waals surface area contributed by atoms with Crippen molar-refractivity contribution in [2.24, 2.45) is 0 Å². The van der Waals surface area contributed by atoms with Crippen LogP contribution in [0, 0.1) is 13.8 Å². The first-order valence-corrected chi connectivity index (χ1v) is 7.92. The summed E-state index contributed by atoms with van der Waals surface area (Å²) in [7, 11) is 0. The van der Waals surface area contributed by atoms with Gasteiger partial charge in [0.15, 0.2) is 11.1 Å². The summed E-state index contributed by atoms with van der Waals surface area (Å²) in [6, 6.07) is 13.6. The van der Waals surface area contributed by atoms with Gasteiger partial charge in [-0.3, -0.25) is 4.21 Å². The number of hydrogen-bond acceptors (Lipinski definition) is 3. The predicted octanol–water partition coefficient (Wildman–Crippen LogP) is 0.449. The zero-order chi connectivity index (χ0) is 15.1. The molecule has 22 heavy (non-hydrogen) atoms. The molecular weight excluding hydrogens is 331 g/mol. The summed E-state index contributed by atoms with van der Waals surface area (Å²) in [6.45, 7) is 3.85. The van der Waals surface area contributed by atoms with Crippen molar-refractivity contribution < 1.29 is 47.1 Å². The molecule has 7 heteroatoms. The van der Waals surface area contributed by atoms with E-state index in [0.717, 1.165) is 11.1 Å². The van der Waals surface area contributed by atoms with Gasteiger partial charge in [-0.15, -0.1) is 0 Å². The largest absolute Gasteiger partial charge is 1.00 e. The molecule has 2 atom stereocenters. The molecule has 0 radical (unpaired) electrons. The van der Waals surface area contributed by atoms with Crippen LogP contribution in [-0.4, -0.2) is 17.5 Å². The van der Waals surface area contributed by atoms with E-state index in [1.54, 1.807) is 36.4 Å². The number of aryl methyl sites for hydroxylation is 2. The second-order valence-corrected chi connectivity index (χ2v) is 6.02. The molecule has 2 aromatic carbocycles. The van der Waals surface area contributed by atoms with Gasteiger partial charge < -0.3 is 9.11 Å². The minimum Gasteiger partial charge on any atom is -0.768 e. The van der Waals surface area contributed by atoms with Crippen LogP contribution in [0.15, 0.2) is 58.3 Å². The van der Waals surface area contributed by atoms with Crippen molar-refractivity contribution in [1.82, 2.24) is 0 Å². The molecule has 4 nitrogen and oxygen atoms in total. The number of benzene rings is 2. The van der Waals surface area contributed by atoms with Crippen molar-refractivity contribution in [2.45, 2.75) is 31.1 Å². The van der Waals surface area contributed by atoms with E-state index in [1.807, 2.05) is 26.0 Å². The van der Waals surface area contributed by atoms with Crippen molar-refractivity contribution in [2.75, 3.05) is 0 Å². The van der Waals surface area contributed by atoms with Crippen LogP contribution in [0.3, 0.4) is 0 Å². The Bertz CT molecular complexity index is 542. The third-order valence-electron chi connectivity index (χ3n) is 2.44. The number of hydrogen-bond donors (Lipinski definition) is 1. The summed E-state index contributed by atoms with van der Waals surface area (Å²) in [5.41, 5.74) is 2.16. The van der Waals surface area contributed by atoms with E-state index in [9.17, 15) is 13.0 Å². The molecule has 0 fully saturated rings. The Labute approximate surface area is 159 Å². The van der Waals surface area contributed by atoms with E-state index >= 15 is 0 Å². The van der Waals surface area contributed by atoms with Crippen LogP contribution in [0.5, 0.6) is 0 Å². The topological polar surface area (TPSA) is 77.4 Å². The van der Waals surface area contributed by atoms with E-state index in [2.05, 4.69) is 0 Å². The molecule has 0 aliphatic carbocycles. The zero-order valence-corrected chi connectivity index (χ0v) is 15.7. The van der Waals surface area contributed by atoms with E-state index in [4.69, 9.17) is 4.55 Å². The Kier molecular flexibility index (Phi) is 13.2. The summed E-state index contributed by atoms with van der Waals surface area (Å²) in [4.78, 5) is 0.788. The Hall–Kier alpha value is -0.340. The fraction of sp³-hybridized carbons (Fsp3) is 0.200. The van der Waals surface area contributed by atoms with E-state index in [-0.39, 0.29) is 37.0 Å². The summed E-state index contributed by atoms with van der Waals surface area (Å²) >= 11 is -3.92. The summed E-state index contributed by atoms with van der Waals surface area (Å²) in [6.07, 6.45) is 0. The predicted molar refractivity (Wildman–Crippen MR) is 85.3 cm³/mol. The molecule has 2 unspecified atom stereocenters. The first-order valence-electron chi connectivity index (χ1n) is 5.73. The van der Waals surface area contributed by atoms with Gasteiger partial charge in [-0.25, -0.2) is 4.21 Å². The minimum absolute atomic E-state index is 0. The van der Waals surface area contributed by atoms with Crippen molar-refractivity contribution in [1.29, 1.82) is 0 Å². The third-order valence-corrected chi connectivity index (χ3v) is 3.77. The van der Waals surface area contributed by atoms with Crippen LogP contribution in [0.1, 0.15) is 18.6 Å². The Balaban J connectivity index is 0. The van der Waals surface area contributed by atoms with Crippen molar-refractivity contribution in [3.8, 4) is 0 Å². The van der Waals surface area contributed by atoms with E-state index in [0.29, 0.717) is 9.79 Å². The molecular formula is C15H19NaO4S2. The molecule has 0 saturated carbocycles. The minimum atomic E-state index is -2.09. The third kappa shape index (κ3) is 8.95. The maximum Gasteiger partial charge on any atom is 1.00 e. The van der Waals surface area contributed by atoms with Gasteiger partial charge in [0.2, 0.25) is 0 Å². The summed E-state index contributed by atoms with van der Waals surface area (Å²) in [5.74, 6) is 0. The SMILES string of the molecule is C.Cc1ccc(S(=O)O)cc1.Cc1ccc(S(=O)[O-])cc1.[Na+]. The molecule has 0 aliphatic heterocycles. The van der Waals surface area contributed by atoms with Gasteiger partial charge in [0.05, 0.1) is 4.90 Å². The maximum absolute atomic E-state index is 10.4. The summed E-state index contributed by atoms with van der Waals surface area (Å²) < 4.78 is 39.6. The Morgan fingerprint density at radius 2 is 1.14 bits per heavy atom.